The van der Waals surface area contributed by atoms with Gasteiger partial charge in [0.25, 0.3) is 5.91 Å². The molecule has 6 heteroatoms. The highest BCUT2D eigenvalue weighted by Gasteiger charge is 2.16. The Morgan fingerprint density at radius 3 is 2.76 bits per heavy atom. The van der Waals surface area contributed by atoms with Crippen LogP contribution in [0.4, 0.5) is 5.82 Å². The number of aryl methyl sites for hydroxylation is 2. The summed E-state index contributed by atoms with van der Waals surface area (Å²) in [5.74, 6) is 1.02. The molecule has 0 saturated carbocycles. The normalized spacial score (nSPS) is 16.6. The van der Waals surface area contributed by atoms with Gasteiger partial charge in [0, 0.05) is 25.8 Å². The first-order valence-corrected chi connectivity index (χ1v) is 8.65. The van der Waals surface area contributed by atoms with E-state index in [0.717, 1.165) is 25.0 Å². The molecule has 0 radical (unpaired) electrons. The fourth-order valence-electron chi connectivity index (χ4n) is 2.78. The monoisotopic (exact) mass is 340 g/mol. The summed E-state index contributed by atoms with van der Waals surface area (Å²) in [6, 6.07) is 9.77. The third-order valence-corrected chi connectivity index (χ3v) is 4.18. The van der Waals surface area contributed by atoms with Crippen molar-refractivity contribution in [2.24, 2.45) is 0 Å². The van der Waals surface area contributed by atoms with Gasteiger partial charge in [-0.25, -0.2) is 9.97 Å². The van der Waals surface area contributed by atoms with Crippen molar-refractivity contribution in [3.05, 3.63) is 53.0 Å². The number of anilines is 1. The van der Waals surface area contributed by atoms with E-state index >= 15 is 0 Å². The molecule has 25 heavy (non-hydrogen) atoms. The van der Waals surface area contributed by atoms with Crippen molar-refractivity contribution in [1.29, 1.82) is 0 Å². The summed E-state index contributed by atoms with van der Waals surface area (Å²) in [4.78, 5) is 21.0. The molecule has 2 aromatic rings. The maximum Gasteiger partial charge on any atom is 0.270 e. The third kappa shape index (κ3) is 5.00. The number of carbonyl (C=O) groups excluding carboxylic acids is 1. The van der Waals surface area contributed by atoms with Gasteiger partial charge in [0.05, 0.1) is 6.10 Å². The van der Waals surface area contributed by atoms with Crippen LogP contribution in [0.25, 0.3) is 0 Å². The lowest BCUT2D eigenvalue weighted by Crippen LogP contribution is -2.25. The zero-order valence-electron chi connectivity index (χ0n) is 14.7. The van der Waals surface area contributed by atoms with Crippen LogP contribution in [0.5, 0.6) is 0 Å². The molecular formula is C19H24N4O2. The standard InChI is InChI=1S/C19H24N4O2/c1-13-5-7-15(8-6-13)11-21-19(24)17-10-18(23-14(2)22-17)20-12-16-4-3-9-25-16/h5-8,10,16H,3-4,9,11-12H2,1-2H3,(H,21,24)(H,20,22,23). The van der Waals surface area contributed by atoms with Crippen molar-refractivity contribution in [3.63, 3.8) is 0 Å². The fraction of sp³-hybridized carbons (Fsp3) is 0.421. The number of benzene rings is 1. The highest BCUT2D eigenvalue weighted by Crippen LogP contribution is 2.14. The number of hydrogen-bond donors (Lipinski definition) is 2. The predicted octanol–water partition coefficient (Wildman–Crippen LogP) is 2.61. The molecule has 1 unspecified atom stereocenters. The summed E-state index contributed by atoms with van der Waals surface area (Å²) in [7, 11) is 0. The molecule has 1 fully saturated rings. The largest absolute Gasteiger partial charge is 0.376 e. The zero-order chi connectivity index (χ0) is 17.6. The Morgan fingerprint density at radius 2 is 2.04 bits per heavy atom. The van der Waals surface area contributed by atoms with Gasteiger partial charge in [0.15, 0.2) is 0 Å². The number of hydrogen-bond acceptors (Lipinski definition) is 5. The number of amides is 1. The van der Waals surface area contributed by atoms with E-state index in [0.29, 0.717) is 30.4 Å². The minimum Gasteiger partial charge on any atom is -0.376 e. The highest BCUT2D eigenvalue weighted by atomic mass is 16.5. The second kappa shape index (κ2) is 8.07. The molecule has 0 aliphatic carbocycles. The minimum absolute atomic E-state index is 0.203. The van der Waals surface area contributed by atoms with Crippen molar-refractivity contribution in [3.8, 4) is 0 Å². The van der Waals surface area contributed by atoms with Crippen molar-refractivity contribution in [1.82, 2.24) is 15.3 Å². The molecule has 0 bridgehead atoms. The molecule has 1 aromatic carbocycles. The van der Waals surface area contributed by atoms with Crippen LogP contribution >= 0.6 is 0 Å². The molecule has 1 atom stereocenters. The average Bonchev–Trinajstić information content (AvgIpc) is 3.12. The number of carbonyl (C=O) groups is 1. The van der Waals surface area contributed by atoms with Gasteiger partial charge in [-0.15, -0.1) is 0 Å². The van der Waals surface area contributed by atoms with Crippen LogP contribution in [0.15, 0.2) is 30.3 Å². The van der Waals surface area contributed by atoms with Gasteiger partial charge in [0.1, 0.15) is 17.3 Å². The van der Waals surface area contributed by atoms with E-state index in [1.165, 1.54) is 5.56 Å². The first-order valence-electron chi connectivity index (χ1n) is 8.65. The van der Waals surface area contributed by atoms with Crippen molar-refractivity contribution in [2.45, 2.75) is 39.3 Å². The molecule has 0 spiro atoms. The Bertz CT molecular complexity index is 725. The van der Waals surface area contributed by atoms with Crippen LogP contribution in [0.3, 0.4) is 0 Å². The van der Waals surface area contributed by atoms with E-state index in [-0.39, 0.29) is 12.0 Å². The Labute approximate surface area is 148 Å². The summed E-state index contributed by atoms with van der Waals surface area (Å²) in [5.41, 5.74) is 2.62. The number of nitrogens with one attached hydrogen (secondary N) is 2. The zero-order valence-corrected chi connectivity index (χ0v) is 14.7. The van der Waals surface area contributed by atoms with Crippen molar-refractivity contribution >= 4 is 11.7 Å². The first-order chi connectivity index (χ1) is 12.1. The van der Waals surface area contributed by atoms with E-state index in [1.54, 1.807) is 13.0 Å². The van der Waals surface area contributed by atoms with Crippen LogP contribution in [0, 0.1) is 13.8 Å². The predicted molar refractivity (Wildman–Crippen MR) is 96.6 cm³/mol. The first kappa shape index (κ1) is 17.4. The summed E-state index contributed by atoms with van der Waals surface area (Å²) in [6.07, 6.45) is 2.37. The summed E-state index contributed by atoms with van der Waals surface area (Å²) in [6.45, 7) is 5.81. The van der Waals surface area contributed by atoms with Gasteiger partial charge in [-0.05, 0) is 32.3 Å². The number of nitrogens with zero attached hydrogens (tertiary/aromatic N) is 2. The molecule has 2 N–H and O–H groups in total. The molecule has 1 amide bonds. The van der Waals surface area contributed by atoms with E-state index in [4.69, 9.17) is 4.74 Å². The summed E-state index contributed by atoms with van der Waals surface area (Å²) in [5, 5.41) is 6.15. The maximum absolute atomic E-state index is 12.4. The van der Waals surface area contributed by atoms with E-state index in [1.807, 2.05) is 31.2 Å². The molecule has 1 aromatic heterocycles. The van der Waals surface area contributed by atoms with Gasteiger partial charge in [-0.1, -0.05) is 29.8 Å². The number of ether oxygens (including phenoxy) is 1. The van der Waals surface area contributed by atoms with E-state index in [2.05, 4.69) is 20.6 Å². The molecule has 2 heterocycles. The molecule has 1 aliphatic rings. The molecule has 3 rings (SSSR count). The maximum atomic E-state index is 12.4. The number of aromatic nitrogens is 2. The Balaban J connectivity index is 1.60. The molecule has 132 valence electrons. The van der Waals surface area contributed by atoms with E-state index < -0.39 is 0 Å². The van der Waals surface area contributed by atoms with Gasteiger partial charge in [-0.3, -0.25) is 4.79 Å². The SMILES string of the molecule is Cc1ccc(CNC(=O)c2cc(NCC3CCCO3)nc(C)n2)cc1. The Kier molecular flexibility index (Phi) is 5.60. The second-order valence-electron chi connectivity index (χ2n) is 6.37. The summed E-state index contributed by atoms with van der Waals surface area (Å²) < 4.78 is 5.59. The molecular weight excluding hydrogens is 316 g/mol. The van der Waals surface area contributed by atoms with Crippen LogP contribution in [-0.4, -0.2) is 35.1 Å². The number of rotatable bonds is 6. The van der Waals surface area contributed by atoms with Gasteiger partial charge >= 0.3 is 0 Å². The van der Waals surface area contributed by atoms with Crippen molar-refractivity contribution < 1.29 is 9.53 Å². The van der Waals surface area contributed by atoms with Gasteiger partial charge in [-0.2, -0.15) is 0 Å². The highest BCUT2D eigenvalue weighted by molar-refractivity contribution is 5.92. The third-order valence-electron chi connectivity index (χ3n) is 4.18. The van der Waals surface area contributed by atoms with Crippen LogP contribution in [0.2, 0.25) is 0 Å². The smallest absolute Gasteiger partial charge is 0.270 e. The minimum atomic E-state index is -0.203. The van der Waals surface area contributed by atoms with E-state index in [9.17, 15) is 4.79 Å². The Morgan fingerprint density at radius 1 is 1.24 bits per heavy atom. The van der Waals surface area contributed by atoms with Crippen molar-refractivity contribution in [2.75, 3.05) is 18.5 Å². The second-order valence-corrected chi connectivity index (χ2v) is 6.37. The topological polar surface area (TPSA) is 76.1 Å². The fourth-order valence-corrected chi connectivity index (χ4v) is 2.78. The lowest BCUT2D eigenvalue weighted by Gasteiger charge is -2.12. The summed E-state index contributed by atoms with van der Waals surface area (Å²) >= 11 is 0. The molecule has 1 saturated heterocycles. The quantitative estimate of drug-likeness (QED) is 0.845. The van der Waals surface area contributed by atoms with Gasteiger partial charge in [0.2, 0.25) is 0 Å². The van der Waals surface area contributed by atoms with Crippen LogP contribution < -0.4 is 10.6 Å². The Hall–Kier alpha value is -2.47. The molecule has 6 nitrogen and oxygen atoms in total. The van der Waals surface area contributed by atoms with Gasteiger partial charge < -0.3 is 15.4 Å². The molecule has 1 aliphatic heterocycles. The van der Waals surface area contributed by atoms with Crippen LogP contribution in [0.1, 0.15) is 40.3 Å². The average molecular weight is 340 g/mol. The lowest BCUT2D eigenvalue weighted by atomic mass is 10.1. The lowest BCUT2D eigenvalue weighted by molar-refractivity contribution is 0.0945. The van der Waals surface area contributed by atoms with Crippen LogP contribution in [-0.2, 0) is 11.3 Å².